The van der Waals surface area contributed by atoms with E-state index in [0.29, 0.717) is 29.7 Å². The van der Waals surface area contributed by atoms with Crippen molar-refractivity contribution < 1.29 is 4.79 Å². The molecule has 21 heavy (non-hydrogen) atoms. The molecule has 1 aromatic heterocycles. The molecule has 2 aromatic rings. The highest BCUT2D eigenvalue weighted by Gasteiger charge is 2.05. The molecule has 0 bridgehead atoms. The molecule has 2 rings (SSSR count). The zero-order chi connectivity index (χ0) is 15.1. The van der Waals surface area contributed by atoms with E-state index >= 15 is 0 Å². The lowest BCUT2D eigenvalue weighted by Gasteiger charge is -2.07. The molecule has 1 heterocycles. The number of aromatic nitrogens is 3. The molecule has 8 heteroatoms. The highest BCUT2D eigenvalue weighted by Crippen LogP contribution is 2.15. The number of benzene rings is 1. The minimum absolute atomic E-state index is 0.161. The van der Waals surface area contributed by atoms with Crippen LogP contribution in [0.4, 0.5) is 17.6 Å². The van der Waals surface area contributed by atoms with Crippen LogP contribution < -0.4 is 16.8 Å². The summed E-state index contributed by atoms with van der Waals surface area (Å²) in [6, 6.07) is 9.55. The molecule has 5 N–H and O–H groups in total. The van der Waals surface area contributed by atoms with Crippen molar-refractivity contribution in [3.8, 4) is 0 Å². The predicted molar refractivity (Wildman–Crippen MR) is 83.9 cm³/mol. The smallest absolute Gasteiger partial charge is 0.232 e. The summed E-state index contributed by atoms with van der Waals surface area (Å²) in [5.74, 6) is 1.99. The monoisotopic (exact) mass is 304 g/mol. The van der Waals surface area contributed by atoms with Crippen LogP contribution in [0.2, 0.25) is 0 Å². The lowest BCUT2D eigenvalue weighted by molar-refractivity contribution is -0.117. The van der Waals surface area contributed by atoms with Crippen LogP contribution in [0, 0.1) is 0 Å². The Balaban J connectivity index is 1.98. The average Bonchev–Trinajstić information content (AvgIpc) is 2.44. The van der Waals surface area contributed by atoms with E-state index in [1.165, 1.54) is 11.8 Å². The highest BCUT2D eigenvalue weighted by atomic mass is 32.2. The van der Waals surface area contributed by atoms with Gasteiger partial charge in [0.25, 0.3) is 0 Å². The number of amides is 1. The first-order chi connectivity index (χ1) is 10.1. The largest absolute Gasteiger partial charge is 0.370 e. The number of nitrogens with zero attached hydrogens (tertiary/aromatic N) is 3. The molecule has 1 aromatic carbocycles. The van der Waals surface area contributed by atoms with Crippen LogP contribution in [0.25, 0.3) is 0 Å². The maximum atomic E-state index is 10.7. The van der Waals surface area contributed by atoms with E-state index < -0.39 is 0 Å². The number of carbonyl (C=O) groups excluding carboxylic acids is 1. The molecular weight excluding hydrogens is 288 g/mol. The zero-order valence-electron chi connectivity index (χ0n) is 11.3. The average molecular weight is 304 g/mol. The minimum atomic E-state index is -0.316. The highest BCUT2D eigenvalue weighted by molar-refractivity contribution is 7.98. The number of primary amides is 1. The fourth-order valence-electron chi connectivity index (χ4n) is 1.55. The molecule has 0 aliphatic carbocycles. The zero-order valence-corrected chi connectivity index (χ0v) is 12.1. The maximum Gasteiger partial charge on any atom is 0.232 e. The second kappa shape index (κ2) is 7.44. The van der Waals surface area contributed by atoms with E-state index in [1.54, 1.807) is 0 Å². The second-order valence-electron chi connectivity index (χ2n) is 4.19. The van der Waals surface area contributed by atoms with Crippen LogP contribution in [0.15, 0.2) is 30.3 Å². The second-order valence-corrected chi connectivity index (χ2v) is 5.30. The molecule has 0 atom stereocenters. The van der Waals surface area contributed by atoms with Crippen molar-refractivity contribution >= 4 is 35.3 Å². The first kappa shape index (κ1) is 15.0. The van der Waals surface area contributed by atoms with Crippen LogP contribution in [0.5, 0.6) is 0 Å². The molecule has 0 aliphatic rings. The molecule has 7 nitrogen and oxygen atoms in total. The summed E-state index contributed by atoms with van der Waals surface area (Å²) in [6.45, 7) is 0. The molecule has 0 radical (unpaired) electrons. The Labute approximate surface area is 126 Å². The molecule has 110 valence electrons. The summed E-state index contributed by atoms with van der Waals surface area (Å²) in [5.41, 5.74) is 11.6. The number of anilines is 3. The molecular formula is C13H16N6OS. The minimum Gasteiger partial charge on any atom is -0.370 e. The van der Waals surface area contributed by atoms with Crippen molar-refractivity contribution in [2.24, 2.45) is 5.73 Å². The standard InChI is InChI=1S/C13H16N6OS/c14-10(20)6-7-21-8-11-17-12(15)19-13(18-11)16-9-4-2-1-3-5-9/h1-5H,6-8H2,(H2,14,20)(H3,15,16,17,18,19). The van der Waals surface area contributed by atoms with Crippen molar-refractivity contribution in [2.45, 2.75) is 12.2 Å². The van der Waals surface area contributed by atoms with Gasteiger partial charge in [-0.3, -0.25) is 4.79 Å². The van der Waals surface area contributed by atoms with Crippen molar-refractivity contribution in [3.63, 3.8) is 0 Å². The van der Waals surface area contributed by atoms with Crippen LogP contribution in [-0.2, 0) is 10.5 Å². The van der Waals surface area contributed by atoms with Gasteiger partial charge in [-0.1, -0.05) is 18.2 Å². The van der Waals surface area contributed by atoms with Crippen LogP contribution >= 0.6 is 11.8 Å². The normalized spacial score (nSPS) is 10.3. The fourth-order valence-corrected chi connectivity index (χ4v) is 2.35. The molecule has 0 saturated heterocycles. The first-order valence-corrected chi connectivity index (χ1v) is 7.47. The molecule has 1 amide bonds. The predicted octanol–water partition coefficient (Wildman–Crippen LogP) is 1.31. The molecule has 0 fully saturated rings. The van der Waals surface area contributed by atoms with Gasteiger partial charge in [0.2, 0.25) is 17.8 Å². The summed E-state index contributed by atoms with van der Waals surface area (Å²) in [6.07, 6.45) is 0.334. The van der Waals surface area contributed by atoms with Gasteiger partial charge in [-0.25, -0.2) is 0 Å². The van der Waals surface area contributed by atoms with Gasteiger partial charge in [-0.15, -0.1) is 0 Å². The number of hydrogen-bond acceptors (Lipinski definition) is 7. The number of nitrogens with two attached hydrogens (primary N) is 2. The Bertz CT molecular complexity index is 607. The number of para-hydroxylation sites is 1. The number of rotatable bonds is 7. The van der Waals surface area contributed by atoms with E-state index in [9.17, 15) is 4.79 Å². The van der Waals surface area contributed by atoms with Crippen molar-refractivity contribution in [2.75, 3.05) is 16.8 Å². The van der Waals surface area contributed by atoms with Crippen LogP contribution in [0.1, 0.15) is 12.2 Å². The summed E-state index contributed by atoms with van der Waals surface area (Å²) in [7, 11) is 0. The molecule has 0 saturated carbocycles. The van der Waals surface area contributed by atoms with E-state index in [2.05, 4.69) is 20.3 Å². The van der Waals surface area contributed by atoms with Crippen LogP contribution in [-0.4, -0.2) is 26.6 Å². The van der Waals surface area contributed by atoms with Gasteiger partial charge in [0, 0.05) is 17.9 Å². The van der Waals surface area contributed by atoms with Gasteiger partial charge >= 0.3 is 0 Å². The van der Waals surface area contributed by atoms with Gasteiger partial charge in [0.1, 0.15) is 5.82 Å². The third kappa shape index (κ3) is 5.27. The van der Waals surface area contributed by atoms with Crippen molar-refractivity contribution in [3.05, 3.63) is 36.2 Å². The number of thioether (sulfide) groups is 1. The Morgan fingerprint density at radius 2 is 1.95 bits per heavy atom. The Kier molecular flexibility index (Phi) is 5.33. The summed E-state index contributed by atoms with van der Waals surface area (Å²) in [5, 5.41) is 3.07. The Morgan fingerprint density at radius 1 is 1.19 bits per heavy atom. The Morgan fingerprint density at radius 3 is 2.67 bits per heavy atom. The van der Waals surface area contributed by atoms with E-state index in [-0.39, 0.29) is 11.9 Å². The van der Waals surface area contributed by atoms with Gasteiger partial charge in [-0.05, 0) is 12.1 Å². The van der Waals surface area contributed by atoms with E-state index in [0.717, 1.165) is 5.69 Å². The number of nitrogens with one attached hydrogen (secondary N) is 1. The lowest BCUT2D eigenvalue weighted by Crippen LogP contribution is -2.11. The number of nitrogen functional groups attached to an aromatic ring is 1. The molecule has 0 spiro atoms. The number of carbonyl (C=O) groups is 1. The van der Waals surface area contributed by atoms with Gasteiger partial charge in [-0.2, -0.15) is 26.7 Å². The van der Waals surface area contributed by atoms with E-state index in [4.69, 9.17) is 11.5 Å². The lowest BCUT2D eigenvalue weighted by atomic mass is 10.3. The summed E-state index contributed by atoms with van der Waals surface area (Å²) >= 11 is 1.52. The van der Waals surface area contributed by atoms with E-state index in [1.807, 2.05) is 30.3 Å². The van der Waals surface area contributed by atoms with Gasteiger partial charge < -0.3 is 16.8 Å². The summed E-state index contributed by atoms with van der Waals surface area (Å²) in [4.78, 5) is 23.1. The quantitative estimate of drug-likeness (QED) is 0.659. The van der Waals surface area contributed by atoms with Gasteiger partial charge in [0.15, 0.2) is 0 Å². The first-order valence-electron chi connectivity index (χ1n) is 6.32. The Hall–Kier alpha value is -2.35. The third-order valence-corrected chi connectivity index (χ3v) is 3.41. The molecule has 0 aliphatic heterocycles. The third-order valence-electron chi connectivity index (χ3n) is 2.45. The summed E-state index contributed by atoms with van der Waals surface area (Å²) < 4.78 is 0. The molecule has 0 unspecified atom stereocenters. The SMILES string of the molecule is NC(=O)CCSCc1nc(N)nc(Nc2ccccc2)n1. The number of hydrogen-bond donors (Lipinski definition) is 3. The van der Waals surface area contributed by atoms with Crippen molar-refractivity contribution in [1.82, 2.24) is 15.0 Å². The van der Waals surface area contributed by atoms with Crippen molar-refractivity contribution in [1.29, 1.82) is 0 Å². The topological polar surface area (TPSA) is 120 Å². The van der Waals surface area contributed by atoms with Gasteiger partial charge in [0.05, 0.1) is 5.75 Å². The maximum absolute atomic E-state index is 10.7. The fraction of sp³-hybridized carbons (Fsp3) is 0.231. The van der Waals surface area contributed by atoms with Crippen LogP contribution in [0.3, 0.4) is 0 Å².